The maximum absolute atomic E-state index is 12.1. The number of nitrogens with zero attached hydrogens (tertiary/aromatic N) is 1. The summed E-state index contributed by atoms with van der Waals surface area (Å²) in [6, 6.07) is 0.930. The van der Waals surface area contributed by atoms with Gasteiger partial charge in [0, 0.05) is 6.07 Å². The Morgan fingerprint density at radius 3 is 2.53 bits per heavy atom. The van der Waals surface area contributed by atoms with Crippen LogP contribution in [-0.2, 0) is 0 Å². The van der Waals surface area contributed by atoms with E-state index >= 15 is 0 Å². The Labute approximate surface area is 107 Å². The van der Waals surface area contributed by atoms with Gasteiger partial charge < -0.3 is 14.6 Å². The number of halogens is 4. The molecular formula is C8H5F3INO4. The number of aromatic carboxylic acids is 1. The molecular weight excluding hydrogens is 358 g/mol. The Morgan fingerprint density at radius 2 is 2.12 bits per heavy atom. The molecule has 0 spiro atoms. The molecule has 1 aromatic rings. The van der Waals surface area contributed by atoms with Crippen molar-refractivity contribution in [3.8, 4) is 11.5 Å². The normalized spacial score (nSPS) is 11.1. The van der Waals surface area contributed by atoms with Gasteiger partial charge in [-0.1, -0.05) is 0 Å². The standard InChI is InChI=1S/C8H5F3INO4/c1-16-6-3(17-8(9,10)11)2-4(12)13-5(6)7(14)15/h2H,1H3,(H,14,15). The molecule has 0 bridgehead atoms. The quantitative estimate of drug-likeness (QED) is 0.660. The summed E-state index contributed by atoms with van der Waals surface area (Å²) in [5.74, 6) is -2.82. The highest BCUT2D eigenvalue weighted by molar-refractivity contribution is 14.1. The lowest BCUT2D eigenvalue weighted by Crippen LogP contribution is -2.19. The highest BCUT2D eigenvalue weighted by Gasteiger charge is 2.34. The second kappa shape index (κ2) is 4.94. The van der Waals surface area contributed by atoms with Gasteiger partial charge in [0.1, 0.15) is 3.70 Å². The Kier molecular flexibility index (Phi) is 4.01. The van der Waals surface area contributed by atoms with E-state index < -0.39 is 29.5 Å². The minimum atomic E-state index is -4.94. The number of methoxy groups -OCH3 is 1. The van der Waals surface area contributed by atoms with Crippen LogP contribution in [0, 0.1) is 3.70 Å². The Morgan fingerprint density at radius 1 is 1.53 bits per heavy atom. The third-order valence-corrected chi connectivity index (χ3v) is 2.09. The number of aromatic nitrogens is 1. The van der Waals surface area contributed by atoms with Crippen LogP contribution in [-0.4, -0.2) is 29.5 Å². The van der Waals surface area contributed by atoms with Crippen LogP contribution in [0.2, 0.25) is 0 Å². The summed E-state index contributed by atoms with van der Waals surface area (Å²) in [6.07, 6.45) is -4.94. The van der Waals surface area contributed by atoms with Gasteiger partial charge in [0.05, 0.1) is 7.11 Å². The second-order valence-corrected chi connectivity index (χ2v) is 3.78. The molecule has 0 aromatic carbocycles. The summed E-state index contributed by atoms with van der Waals surface area (Å²) in [6.45, 7) is 0. The van der Waals surface area contributed by atoms with E-state index in [1.165, 1.54) is 0 Å². The number of carboxylic acids is 1. The van der Waals surface area contributed by atoms with Crippen LogP contribution in [0.4, 0.5) is 13.2 Å². The molecule has 0 aliphatic carbocycles. The summed E-state index contributed by atoms with van der Waals surface area (Å²) in [7, 11) is 1.03. The number of carbonyl (C=O) groups is 1. The van der Waals surface area contributed by atoms with Gasteiger partial charge in [-0.25, -0.2) is 9.78 Å². The highest BCUT2D eigenvalue weighted by Crippen LogP contribution is 2.35. The van der Waals surface area contributed by atoms with Crippen molar-refractivity contribution >= 4 is 28.6 Å². The largest absolute Gasteiger partial charge is 0.573 e. The number of ether oxygens (including phenoxy) is 2. The summed E-state index contributed by atoms with van der Waals surface area (Å²) >= 11 is 1.57. The molecule has 1 N–H and O–H groups in total. The summed E-state index contributed by atoms with van der Waals surface area (Å²) < 4.78 is 44.5. The number of hydrogen-bond acceptors (Lipinski definition) is 4. The molecule has 0 aliphatic rings. The predicted octanol–water partition coefficient (Wildman–Crippen LogP) is 2.29. The Hall–Kier alpha value is -1.26. The first-order valence-electron chi connectivity index (χ1n) is 3.98. The van der Waals surface area contributed by atoms with Crippen LogP contribution in [0.5, 0.6) is 11.5 Å². The predicted molar refractivity (Wildman–Crippen MR) is 57.1 cm³/mol. The molecule has 17 heavy (non-hydrogen) atoms. The van der Waals surface area contributed by atoms with Crippen molar-refractivity contribution in [3.05, 3.63) is 15.5 Å². The van der Waals surface area contributed by atoms with Crippen LogP contribution >= 0.6 is 22.6 Å². The van der Waals surface area contributed by atoms with E-state index in [9.17, 15) is 18.0 Å². The van der Waals surface area contributed by atoms with Crippen molar-refractivity contribution < 1.29 is 32.5 Å². The summed E-state index contributed by atoms with van der Waals surface area (Å²) in [5.41, 5.74) is -0.640. The lowest BCUT2D eigenvalue weighted by Gasteiger charge is -2.13. The highest BCUT2D eigenvalue weighted by atomic mass is 127. The fourth-order valence-electron chi connectivity index (χ4n) is 1.02. The van der Waals surface area contributed by atoms with Crippen LogP contribution in [0.15, 0.2) is 6.07 Å². The van der Waals surface area contributed by atoms with Crippen molar-refractivity contribution in [1.29, 1.82) is 0 Å². The number of alkyl halides is 3. The molecule has 5 nitrogen and oxygen atoms in total. The Bertz CT molecular complexity index is 449. The average molecular weight is 363 g/mol. The lowest BCUT2D eigenvalue weighted by molar-refractivity contribution is -0.275. The molecule has 0 fully saturated rings. The first-order valence-corrected chi connectivity index (χ1v) is 5.06. The molecule has 1 rings (SSSR count). The van der Waals surface area contributed by atoms with Gasteiger partial charge in [0.25, 0.3) is 0 Å². The van der Waals surface area contributed by atoms with Crippen molar-refractivity contribution in [2.24, 2.45) is 0 Å². The minimum Gasteiger partial charge on any atom is -0.491 e. The molecule has 0 amide bonds. The van der Waals surface area contributed by atoms with Crippen LogP contribution in [0.1, 0.15) is 10.5 Å². The van der Waals surface area contributed by atoms with Crippen molar-refractivity contribution in [3.63, 3.8) is 0 Å². The molecule has 94 valence electrons. The number of pyridine rings is 1. The zero-order valence-electron chi connectivity index (χ0n) is 8.21. The van der Waals surface area contributed by atoms with Gasteiger partial charge in [0.2, 0.25) is 0 Å². The van der Waals surface area contributed by atoms with Gasteiger partial charge in [-0.3, -0.25) is 0 Å². The molecule has 1 heterocycles. The van der Waals surface area contributed by atoms with E-state index in [1.807, 2.05) is 0 Å². The van der Waals surface area contributed by atoms with Gasteiger partial charge in [-0.05, 0) is 22.6 Å². The lowest BCUT2D eigenvalue weighted by atomic mass is 10.3. The summed E-state index contributed by atoms with van der Waals surface area (Å²) in [5, 5.41) is 8.76. The van der Waals surface area contributed by atoms with Gasteiger partial charge >= 0.3 is 12.3 Å². The SMILES string of the molecule is COc1c(OC(F)(F)F)cc(I)nc1C(=O)O. The fraction of sp³-hybridized carbons (Fsp3) is 0.250. The number of carboxylic acid groups (broad SMARTS) is 1. The van der Waals surface area contributed by atoms with Crippen LogP contribution in [0.25, 0.3) is 0 Å². The first kappa shape index (κ1) is 13.8. The molecule has 0 unspecified atom stereocenters. The zero-order chi connectivity index (χ0) is 13.2. The molecule has 9 heteroatoms. The van der Waals surface area contributed by atoms with Crippen molar-refractivity contribution in [1.82, 2.24) is 4.98 Å². The van der Waals surface area contributed by atoms with E-state index in [2.05, 4.69) is 14.5 Å². The minimum absolute atomic E-state index is 0.0417. The van der Waals surface area contributed by atoms with Crippen LogP contribution in [0.3, 0.4) is 0 Å². The topological polar surface area (TPSA) is 68.7 Å². The number of hydrogen-bond donors (Lipinski definition) is 1. The molecule has 0 aliphatic heterocycles. The fourth-order valence-corrected chi connectivity index (χ4v) is 1.55. The molecule has 0 atom stereocenters. The second-order valence-electron chi connectivity index (χ2n) is 2.68. The smallest absolute Gasteiger partial charge is 0.491 e. The van der Waals surface area contributed by atoms with Gasteiger partial charge in [0.15, 0.2) is 17.2 Å². The molecule has 1 aromatic heterocycles. The summed E-state index contributed by atoms with van der Waals surface area (Å²) in [4.78, 5) is 14.3. The Balaban J connectivity index is 3.33. The van der Waals surface area contributed by atoms with Gasteiger partial charge in [-0.15, -0.1) is 13.2 Å². The zero-order valence-corrected chi connectivity index (χ0v) is 10.4. The monoisotopic (exact) mass is 363 g/mol. The third-order valence-electron chi connectivity index (χ3n) is 1.54. The molecule has 0 saturated carbocycles. The van der Waals surface area contributed by atoms with E-state index in [4.69, 9.17) is 5.11 Å². The first-order chi connectivity index (χ1) is 7.74. The molecule has 0 saturated heterocycles. The van der Waals surface area contributed by atoms with Crippen molar-refractivity contribution in [2.75, 3.05) is 7.11 Å². The van der Waals surface area contributed by atoms with E-state index in [1.54, 1.807) is 22.6 Å². The molecule has 0 radical (unpaired) electrons. The van der Waals surface area contributed by atoms with E-state index in [-0.39, 0.29) is 3.70 Å². The average Bonchev–Trinajstić information content (AvgIpc) is 2.14. The van der Waals surface area contributed by atoms with E-state index in [0.717, 1.165) is 13.2 Å². The maximum Gasteiger partial charge on any atom is 0.573 e. The third kappa shape index (κ3) is 3.61. The maximum atomic E-state index is 12.1. The number of rotatable bonds is 3. The van der Waals surface area contributed by atoms with Crippen molar-refractivity contribution in [2.45, 2.75) is 6.36 Å². The van der Waals surface area contributed by atoms with E-state index in [0.29, 0.717) is 0 Å². The van der Waals surface area contributed by atoms with Gasteiger partial charge in [-0.2, -0.15) is 0 Å². The van der Waals surface area contributed by atoms with Crippen LogP contribution < -0.4 is 9.47 Å².